The van der Waals surface area contributed by atoms with Crippen molar-refractivity contribution in [1.29, 1.82) is 0 Å². The summed E-state index contributed by atoms with van der Waals surface area (Å²) in [6.45, 7) is -1.29. The van der Waals surface area contributed by atoms with Gasteiger partial charge in [-0.1, -0.05) is 18.2 Å². The van der Waals surface area contributed by atoms with Crippen LogP contribution in [-0.4, -0.2) is 67.9 Å². The number of hydrogen-bond acceptors (Lipinski definition) is 12. The molecular weight excluding hydrogens is 648 g/mol. The molecule has 4 aromatic rings. The number of rotatable bonds is 11. The number of methoxy groups -OCH3 is 5. The molecule has 4 N–H and O–H groups in total. The Labute approximate surface area is 289 Å². The molecule has 0 saturated carbocycles. The highest BCUT2D eigenvalue weighted by atomic mass is 16.5. The normalized spacial score (nSPS) is 19.4. The zero-order valence-corrected chi connectivity index (χ0v) is 28.4. The second-order valence-corrected chi connectivity index (χ2v) is 12.0. The summed E-state index contributed by atoms with van der Waals surface area (Å²) in [5, 5.41) is 43.0. The lowest BCUT2D eigenvalue weighted by atomic mass is 9.75. The molecule has 50 heavy (non-hydrogen) atoms. The van der Waals surface area contributed by atoms with Gasteiger partial charge in [-0.05, 0) is 58.7 Å². The quantitative estimate of drug-likeness (QED) is 0.179. The van der Waals surface area contributed by atoms with E-state index < -0.39 is 43.2 Å². The van der Waals surface area contributed by atoms with E-state index in [1.54, 1.807) is 54.6 Å². The van der Waals surface area contributed by atoms with Gasteiger partial charge in [-0.3, -0.25) is 4.79 Å². The van der Waals surface area contributed by atoms with Crippen LogP contribution >= 0.6 is 0 Å². The molecule has 2 aliphatic rings. The number of ketones is 1. The topological polar surface area (TPSA) is 163 Å². The van der Waals surface area contributed by atoms with E-state index in [2.05, 4.69) is 0 Å². The number of ether oxygens (including phenoxy) is 7. The Morgan fingerprint density at radius 1 is 0.660 bits per heavy atom. The Kier molecular flexibility index (Phi) is 10.1. The molecule has 0 radical (unpaired) electrons. The van der Waals surface area contributed by atoms with E-state index in [0.717, 1.165) is 0 Å². The summed E-state index contributed by atoms with van der Waals surface area (Å²) in [5.41, 5.74) is 3.44. The molecule has 0 spiro atoms. The third kappa shape index (κ3) is 5.94. The van der Waals surface area contributed by atoms with E-state index in [1.165, 1.54) is 35.5 Å². The van der Waals surface area contributed by atoms with Crippen molar-refractivity contribution in [3.63, 3.8) is 0 Å². The molecule has 0 bridgehead atoms. The molecule has 4 atom stereocenters. The zero-order valence-electron chi connectivity index (χ0n) is 28.4. The fraction of sp³-hybridized carbons (Fsp3) is 0.342. The van der Waals surface area contributed by atoms with E-state index >= 15 is 0 Å². The third-order valence-corrected chi connectivity index (χ3v) is 9.32. The first kappa shape index (κ1) is 34.8. The van der Waals surface area contributed by atoms with E-state index in [1.807, 2.05) is 0 Å². The summed E-state index contributed by atoms with van der Waals surface area (Å²) in [7, 11) is 7.51. The Morgan fingerprint density at radius 2 is 1.24 bits per heavy atom. The van der Waals surface area contributed by atoms with Crippen LogP contribution in [0.3, 0.4) is 0 Å². The lowest BCUT2D eigenvalue weighted by Gasteiger charge is -2.38. The SMILES string of the molecule is COc1ccc([C@H]2Oc3c(c(OC)cc(CO)c3[C@H]3C(=O)[C@@H](c4ccc(OC)c(OC)c4)Oc4cc(CO)cc(CO)c43)C[C@@H]2O)cc1OC. The van der Waals surface area contributed by atoms with E-state index in [9.17, 15) is 25.2 Å². The van der Waals surface area contributed by atoms with E-state index in [4.69, 9.17) is 33.2 Å². The number of carbonyl (C=O) groups excluding carboxylic acids is 1. The molecule has 4 aromatic carbocycles. The molecule has 2 aliphatic heterocycles. The zero-order chi connectivity index (χ0) is 35.7. The molecule has 0 saturated heterocycles. The Morgan fingerprint density at radius 3 is 1.82 bits per heavy atom. The van der Waals surface area contributed by atoms with Crippen LogP contribution in [0.4, 0.5) is 0 Å². The van der Waals surface area contributed by atoms with Crippen molar-refractivity contribution in [2.75, 3.05) is 35.5 Å². The highest BCUT2D eigenvalue weighted by Crippen LogP contribution is 2.53. The van der Waals surface area contributed by atoms with Gasteiger partial charge in [0.2, 0.25) is 0 Å². The smallest absolute Gasteiger partial charge is 0.190 e. The fourth-order valence-electron chi connectivity index (χ4n) is 6.95. The molecule has 0 fully saturated rings. The molecule has 264 valence electrons. The number of Topliss-reactive ketones (excluding diaryl/α,β-unsaturated/α-hetero) is 1. The average Bonchev–Trinajstić information content (AvgIpc) is 3.15. The highest BCUT2D eigenvalue weighted by Gasteiger charge is 2.45. The predicted molar refractivity (Wildman–Crippen MR) is 180 cm³/mol. The van der Waals surface area contributed by atoms with Crippen LogP contribution in [0.2, 0.25) is 0 Å². The van der Waals surface area contributed by atoms with Crippen LogP contribution in [0.1, 0.15) is 62.6 Å². The number of aliphatic hydroxyl groups is 4. The van der Waals surface area contributed by atoms with Gasteiger partial charge in [0.1, 0.15) is 23.4 Å². The van der Waals surface area contributed by atoms with Crippen molar-refractivity contribution in [3.05, 3.63) is 99.1 Å². The molecule has 0 aromatic heterocycles. The van der Waals surface area contributed by atoms with Crippen LogP contribution in [-0.2, 0) is 31.0 Å². The van der Waals surface area contributed by atoms with Crippen LogP contribution < -0.4 is 33.2 Å². The van der Waals surface area contributed by atoms with Crippen LogP contribution in [0.15, 0.2) is 54.6 Å². The summed E-state index contributed by atoms with van der Waals surface area (Å²) < 4.78 is 40.7. The Balaban J connectivity index is 1.60. The number of benzene rings is 4. The number of hydrogen-bond donors (Lipinski definition) is 4. The molecular formula is C38H40O12. The Bertz CT molecular complexity index is 1900. The molecule has 0 aliphatic carbocycles. The van der Waals surface area contributed by atoms with Crippen molar-refractivity contribution < 1.29 is 58.4 Å². The van der Waals surface area contributed by atoms with Gasteiger partial charge in [0.05, 0.1) is 67.4 Å². The fourth-order valence-corrected chi connectivity index (χ4v) is 6.95. The van der Waals surface area contributed by atoms with E-state index in [-0.39, 0.29) is 24.5 Å². The summed E-state index contributed by atoms with van der Waals surface area (Å²) in [5.74, 6) is 1.13. The minimum atomic E-state index is -1.17. The minimum absolute atomic E-state index is 0.0932. The maximum Gasteiger partial charge on any atom is 0.190 e. The van der Waals surface area contributed by atoms with Gasteiger partial charge < -0.3 is 53.6 Å². The second-order valence-electron chi connectivity index (χ2n) is 12.0. The maximum absolute atomic E-state index is 15.0. The van der Waals surface area contributed by atoms with Gasteiger partial charge in [-0.25, -0.2) is 0 Å². The number of aliphatic hydroxyl groups excluding tert-OH is 4. The van der Waals surface area contributed by atoms with Crippen molar-refractivity contribution >= 4 is 5.78 Å². The summed E-state index contributed by atoms with van der Waals surface area (Å²) in [6.07, 6.45) is -3.02. The van der Waals surface area contributed by atoms with Crippen LogP contribution in [0, 0.1) is 0 Å². The first-order valence-corrected chi connectivity index (χ1v) is 15.9. The lowest BCUT2D eigenvalue weighted by molar-refractivity contribution is -0.128. The molecule has 12 heteroatoms. The van der Waals surface area contributed by atoms with Crippen molar-refractivity contribution in [2.45, 2.75) is 50.5 Å². The molecule has 12 nitrogen and oxygen atoms in total. The first-order valence-electron chi connectivity index (χ1n) is 15.9. The highest BCUT2D eigenvalue weighted by molar-refractivity contribution is 5.97. The molecule has 0 unspecified atom stereocenters. The standard InChI is InChI=1S/C38H40O12/c1-44-26-8-6-20(12-29(26)47-4)36-25(42)15-24-28(46-3)14-23(18-41)33(38(24)50-36)34-32-22(17-40)10-19(16-39)11-31(32)49-37(35(34)43)21-7-9-27(45-2)30(13-21)48-5/h6-14,25,34,36-37,39-42H,15-18H2,1-5H3/t25-,34-,36+,37+/m0/s1. The summed E-state index contributed by atoms with van der Waals surface area (Å²) in [6, 6.07) is 15.1. The number of carbonyl (C=O) groups is 1. The van der Waals surface area contributed by atoms with Crippen molar-refractivity contribution in [2.24, 2.45) is 0 Å². The van der Waals surface area contributed by atoms with Gasteiger partial charge in [0, 0.05) is 28.7 Å². The van der Waals surface area contributed by atoms with Gasteiger partial charge in [-0.15, -0.1) is 0 Å². The summed E-state index contributed by atoms with van der Waals surface area (Å²) in [4.78, 5) is 15.0. The second kappa shape index (κ2) is 14.5. The molecule has 0 amide bonds. The van der Waals surface area contributed by atoms with Crippen LogP contribution in [0.5, 0.6) is 40.2 Å². The van der Waals surface area contributed by atoms with Gasteiger partial charge in [0.25, 0.3) is 0 Å². The van der Waals surface area contributed by atoms with Gasteiger partial charge >= 0.3 is 0 Å². The average molecular weight is 689 g/mol. The van der Waals surface area contributed by atoms with E-state index in [0.29, 0.717) is 73.3 Å². The third-order valence-electron chi connectivity index (χ3n) is 9.32. The first-order chi connectivity index (χ1) is 24.2. The Hall–Kier alpha value is -5.01. The maximum atomic E-state index is 15.0. The van der Waals surface area contributed by atoms with Gasteiger partial charge in [-0.2, -0.15) is 0 Å². The van der Waals surface area contributed by atoms with Gasteiger partial charge in [0.15, 0.2) is 34.9 Å². The van der Waals surface area contributed by atoms with Crippen molar-refractivity contribution in [3.8, 4) is 40.2 Å². The lowest BCUT2D eigenvalue weighted by Crippen LogP contribution is -2.35. The summed E-state index contributed by atoms with van der Waals surface area (Å²) >= 11 is 0. The van der Waals surface area contributed by atoms with Crippen molar-refractivity contribution in [1.82, 2.24) is 0 Å². The monoisotopic (exact) mass is 688 g/mol. The minimum Gasteiger partial charge on any atom is -0.496 e. The largest absolute Gasteiger partial charge is 0.496 e. The number of fused-ring (bicyclic) bond motifs is 2. The molecule has 2 heterocycles. The van der Waals surface area contributed by atoms with Crippen LogP contribution in [0.25, 0.3) is 0 Å². The molecule has 6 rings (SSSR count). The predicted octanol–water partition coefficient (Wildman–Crippen LogP) is 4.08.